The van der Waals surface area contributed by atoms with Crippen LogP contribution in [-0.4, -0.2) is 18.6 Å². The summed E-state index contributed by atoms with van der Waals surface area (Å²) in [5, 5.41) is 15.8. The molecule has 0 radical (unpaired) electrons. The van der Waals surface area contributed by atoms with Gasteiger partial charge in [-0.15, -0.1) is 11.3 Å². The van der Waals surface area contributed by atoms with Crippen LogP contribution in [0.25, 0.3) is 10.6 Å². The molecule has 8 heteroatoms. The van der Waals surface area contributed by atoms with Gasteiger partial charge in [-0.2, -0.15) is 10.4 Å². The second-order valence-electron chi connectivity index (χ2n) is 4.85. The van der Waals surface area contributed by atoms with Gasteiger partial charge >= 0.3 is 0 Å². The van der Waals surface area contributed by atoms with Crippen LogP contribution in [0.3, 0.4) is 0 Å². The Morgan fingerprint density at radius 2 is 2.09 bits per heavy atom. The Morgan fingerprint density at radius 3 is 2.78 bits per heavy atom. The SMILES string of the molecule is Cc1cc(-c2ccc(S(=O)(=O)Nc3cccc(C#N)c3)s2)n[nH]1. The van der Waals surface area contributed by atoms with Gasteiger partial charge in [-0.1, -0.05) is 6.07 Å². The minimum atomic E-state index is -3.70. The molecule has 0 spiro atoms. The number of H-pyrrole nitrogens is 1. The van der Waals surface area contributed by atoms with Crippen molar-refractivity contribution in [1.82, 2.24) is 10.2 Å². The Labute approximate surface area is 137 Å². The number of sulfonamides is 1. The zero-order valence-electron chi connectivity index (χ0n) is 12.1. The first kappa shape index (κ1) is 15.3. The Hall–Kier alpha value is -2.63. The van der Waals surface area contributed by atoms with Crippen molar-refractivity contribution in [3.8, 4) is 16.6 Å². The van der Waals surface area contributed by atoms with Crippen molar-refractivity contribution >= 4 is 27.0 Å². The lowest BCUT2D eigenvalue weighted by Crippen LogP contribution is -2.11. The first-order chi connectivity index (χ1) is 11.0. The number of rotatable bonds is 4. The third-order valence-electron chi connectivity index (χ3n) is 3.05. The monoisotopic (exact) mass is 344 g/mol. The fraction of sp³-hybridized carbons (Fsp3) is 0.0667. The first-order valence-electron chi connectivity index (χ1n) is 6.63. The van der Waals surface area contributed by atoms with Crippen molar-refractivity contribution < 1.29 is 8.42 Å². The molecule has 0 aliphatic carbocycles. The number of hydrogen-bond acceptors (Lipinski definition) is 5. The van der Waals surface area contributed by atoms with Crippen LogP contribution in [0.15, 0.2) is 46.7 Å². The van der Waals surface area contributed by atoms with Crippen LogP contribution < -0.4 is 4.72 Å². The third-order valence-corrected chi connectivity index (χ3v) is 6.03. The van der Waals surface area contributed by atoms with E-state index in [4.69, 9.17) is 5.26 Å². The number of aromatic amines is 1. The van der Waals surface area contributed by atoms with Gasteiger partial charge in [-0.05, 0) is 43.3 Å². The number of thiophene rings is 1. The van der Waals surface area contributed by atoms with Gasteiger partial charge in [0.25, 0.3) is 10.0 Å². The maximum absolute atomic E-state index is 12.4. The van der Waals surface area contributed by atoms with E-state index in [-0.39, 0.29) is 4.21 Å². The van der Waals surface area contributed by atoms with Gasteiger partial charge in [0.15, 0.2) is 0 Å². The zero-order chi connectivity index (χ0) is 16.4. The van der Waals surface area contributed by atoms with E-state index in [0.717, 1.165) is 21.9 Å². The molecule has 23 heavy (non-hydrogen) atoms. The minimum absolute atomic E-state index is 0.190. The van der Waals surface area contributed by atoms with Crippen molar-refractivity contribution in [2.24, 2.45) is 0 Å². The van der Waals surface area contributed by atoms with Crippen LogP contribution in [-0.2, 0) is 10.0 Å². The van der Waals surface area contributed by atoms with Crippen molar-refractivity contribution in [2.45, 2.75) is 11.1 Å². The first-order valence-corrected chi connectivity index (χ1v) is 8.93. The Kier molecular flexibility index (Phi) is 3.90. The maximum Gasteiger partial charge on any atom is 0.271 e. The van der Waals surface area contributed by atoms with Crippen LogP contribution in [0.5, 0.6) is 0 Å². The molecule has 2 aromatic heterocycles. The molecular weight excluding hydrogens is 332 g/mol. The average Bonchev–Trinajstić information content (AvgIpc) is 3.16. The molecule has 0 saturated carbocycles. The third kappa shape index (κ3) is 3.26. The lowest BCUT2D eigenvalue weighted by molar-refractivity contribution is 0.603. The van der Waals surface area contributed by atoms with E-state index in [0.29, 0.717) is 16.9 Å². The summed E-state index contributed by atoms with van der Waals surface area (Å²) in [7, 11) is -3.70. The lowest BCUT2D eigenvalue weighted by Gasteiger charge is -2.06. The highest BCUT2D eigenvalue weighted by molar-refractivity contribution is 7.94. The molecule has 6 nitrogen and oxygen atoms in total. The van der Waals surface area contributed by atoms with Crippen LogP contribution in [0.4, 0.5) is 5.69 Å². The molecule has 1 aromatic carbocycles. The second kappa shape index (κ2) is 5.87. The number of aromatic nitrogens is 2. The number of aryl methyl sites for hydroxylation is 1. The molecule has 0 bridgehead atoms. The molecule has 0 fully saturated rings. The van der Waals surface area contributed by atoms with E-state index in [1.807, 2.05) is 19.1 Å². The molecule has 116 valence electrons. The number of anilines is 1. The van der Waals surface area contributed by atoms with E-state index in [1.165, 1.54) is 6.07 Å². The predicted octanol–water partition coefficient (Wildman–Crippen LogP) is 3.12. The fourth-order valence-electron chi connectivity index (χ4n) is 2.00. The van der Waals surface area contributed by atoms with E-state index in [9.17, 15) is 8.42 Å². The van der Waals surface area contributed by atoms with Gasteiger partial charge in [0.2, 0.25) is 0 Å². The Bertz CT molecular complexity index is 996. The van der Waals surface area contributed by atoms with E-state index in [2.05, 4.69) is 14.9 Å². The fourth-order valence-corrected chi connectivity index (χ4v) is 4.32. The summed E-state index contributed by atoms with van der Waals surface area (Å²) < 4.78 is 27.6. The zero-order valence-corrected chi connectivity index (χ0v) is 13.7. The van der Waals surface area contributed by atoms with Crippen molar-refractivity contribution in [3.63, 3.8) is 0 Å². The van der Waals surface area contributed by atoms with Gasteiger partial charge in [0.1, 0.15) is 9.90 Å². The summed E-state index contributed by atoms with van der Waals surface area (Å²) in [5.74, 6) is 0. The maximum atomic E-state index is 12.4. The number of nitrogens with one attached hydrogen (secondary N) is 2. The van der Waals surface area contributed by atoms with Gasteiger partial charge in [-0.3, -0.25) is 9.82 Å². The summed E-state index contributed by atoms with van der Waals surface area (Å²) in [4.78, 5) is 0.764. The van der Waals surface area contributed by atoms with Crippen molar-refractivity contribution in [1.29, 1.82) is 5.26 Å². The molecule has 3 rings (SSSR count). The number of hydrogen-bond donors (Lipinski definition) is 2. The van der Waals surface area contributed by atoms with Crippen LogP contribution in [0.2, 0.25) is 0 Å². The number of nitrogens with zero attached hydrogens (tertiary/aromatic N) is 2. The molecule has 3 aromatic rings. The quantitative estimate of drug-likeness (QED) is 0.759. The van der Waals surface area contributed by atoms with Gasteiger partial charge in [0, 0.05) is 5.69 Å². The van der Waals surface area contributed by atoms with E-state index < -0.39 is 10.0 Å². The Morgan fingerprint density at radius 1 is 1.26 bits per heavy atom. The van der Waals surface area contributed by atoms with Crippen molar-refractivity contribution in [2.75, 3.05) is 4.72 Å². The summed E-state index contributed by atoms with van der Waals surface area (Å²) in [6.45, 7) is 1.88. The molecule has 0 saturated heterocycles. The summed E-state index contributed by atoms with van der Waals surface area (Å²) in [6, 6.07) is 13.4. The molecule has 0 aliphatic rings. The molecule has 0 unspecified atom stereocenters. The van der Waals surface area contributed by atoms with Crippen LogP contribution in [0.1, 0.15) is 11.3 Å². The highest BCUT2D eigenvalue weighted by Crippen LogP contribution is 2.30. The molecule has 0 amide bonds. The normalized spacial score (nSPS) is 11.1. The molecule has 0 atom stereocenters. The van der Waals surface area contributed by atoms with Crippen LogP contribution >= 0.6 is 11.3 Å². The lowest BCUT2D eigenvalue weighted by atomic mass is 10.2. The van der Waals surface area contributed by atoms with Gasteiger partial charge in [0.05, 0.1) is 22.2 Å². The Balaban J connectivity index is 1.88. The smallest absolute Gasteiger partial charge is 0.271 e. The largest absolute Gasteiger partial charge is 0.282 e. The highest BCUT2D eigenvalue weighted by Gasteiger charge is 2.18. The minimum Gasteiger partial charge on any atom is -0.282 e. The van der Waals surface area contributed by atoms with E-state index in [1.54, 1.807) is 30.3 Å². The van der Waals surface area contributed by atoms with E-state index >= 15 is 0 Å². The van der Waals surface area contributed by atoms with Crippen LogP contribution in [0, 0.1) is 18.3 Å². The van der Waals surface area contributed by atoms with Gasteiger partial charge in [-0.25, -0.2) is 8.42 Å². The standard InChI is InChI=1S/C15H12N4O2S2/c1-10-7-13(18-17-10)14-5-6-15(22-14)23(20,21)19-12-4-2-3-11(8-12)9-16/h2-8,19H,1H3,(H,17,18). The molecule has 2 N–H and O–H groups in total. The summed E-state index contributed by atoms with van der Waals surface area (Å²) in [6.07, 6.45) is 0. The summed E-state index contributed by atoms with van der Waals surface area (Å²) >= 11 is 1.14. The number of benzene rings is 1. The topological polar surface area (TPSA) is 98.6 Å². The highest BCUT2D eigenvalue weighted by atomic mass is 32.2. The predicted molar refractivity (Wildman–Crippen MR) is 88.6 cm³/mol. The molecular formula is C15H12N4O2S2. The molecule has 2 heterocycles. The van der Waals surface area contributed by atoms with Gasteiger partial charge < -0.3 is 0 Å². The summed E-state index contributed by atoms with van der Waals surface area (Å²) in [5.41, 5.74) is 2.36. The van der Waals surface area contributed by atoms with Crippen molar-refractivity contribution in [3.05, 3.63) is 53.7 Å². The second-order valence-corrected chi connectivity index (χ2v) is 7.85. The average molecular weight is 344 g/mol. The molecule has 0 aliphatic heterocycles. The number of nitriles is 1.